The van der Waals surface area contributed by atoms with Crippen molar-refractivity contribution in [2.24, 2.45) is 0 Å². The van der Waals surface area contributed by atoms with E-state index < -0.39 is 34.3 Å². The van der Waals surface area contributed by atoms with E-state index in [-0.39, 0.29) is 25.4 Å². The van der Waals surface area contributed by atoms with E-state index in [9.17, 15) is 23.7 Å². The monoisotopic (exact) mass is 302 g/mol. The Kier molecular flexibility index (Phi) is 4.32. The Labute approximate surface area is 118 Å². The molecular weight excluding hydrogens is 290 g/mol. The van der Waals surface area contributed by atoms with Crippen LogP contribution in [-0.4, -0.2) is 43.8 Å². The summed E-state index contributed by atoms with van der Waals surface area (Å²) in [6.45, 7) is 0.155. The standard InChI is InChI=1S/C12H12F2N2O5/c1-20-12(17)10-6-15(2-3-21-10)9-5-7(13)4-8(14)11(9)16(18)19/h4-5,10H,2-3,6H2,1H3. The Bertz CT molecular complexity index is 581. The smallest absolute Gasteiger partial charge is 0.336 e. The number of carbonyl (C=O) groups excluding carboxylic acids is 1. The zero-order chi connectivity index (χ0) is 15.6. The summed E-state index contributed by atoms with van der Waals surface area (Å²) in [7, 11) is 1.18. The highest BCUT2D eigenvalue weighted by Crippen LogP contribution is 2.33. The Morgan fingerprint density at radius 2 is 2.24 bits per heavy atom. The third-order valence-corrected chi connectivity index (χ3v) is 3.06. The second kappa shape index (κ2) is 6.00. The van der Waals surface area contributed by atoms with Gasteiger partial charge in [0.05, 0.1) is 25.2 Å². The predicted octanol–water partition coefficient (Wildman–Crippen LogP) is 1.25. The third-order valence-electron chi connectivity index (χ3n) is 3.06. The molecule has 1 unspecified atom stereocenters. The molecule has 1 aliphatic heterocycles. The fraction of sp³-hybridized carbons (Fsp3) is 0.417. The van der Waals surface area contributed by atoms with Gasteiger partial charge in [0.25, 0.3) is 0 Å². The van der Waals surface area contributed by atoms with E-state index in [1.165, 1.54) is 12.0 Å². The van der Waals surface area contributed by atoms with Gasteiger partial charge in [-0.15, -0.1) is 0 Å². The summed E-state index contributed by atoms with van der Waals surface area (Å²) in [6.07, 6.45) is -0.963. The number of nitro benzene ring substituents is 1. The maximum Gasteiger partial charge on any atom is 0.336 e. The van der Waals surface area contributed by atoms with E-state index in [0.29, 0.717) is 6.07 Å². The lowest BCUT2D eigenvalue weighted by Crippen LogP contribution is -2.46. The number of carbonyl (C=O) groups is 1. The first-order chi connectivity index (χ1) is 9.93. The van der Waals surface area contributed by atoms with Crippen molar-refractivity contribution in [3.63, 3.8) is 0 Å². The van der Waals surface area contributed by atoms with E-state index in [4.69, 9.17) is 4.74 Å². The second-order valence-corrected chi connectivity index (χ2v) is 4.34. The molecule has 1 saturated heterocycles. The Morgan fingerprint density at radius 3 is 2.86 bits per heavy atom. The van der Waals surface area contributed by atoms with Crippen molar-refractivity contribution < 1.29 is 28.0 Å². The molecule has 1 aromatic carbocycles. The molecule has 0 aromatic heterocycles. The van der Waals surface area contributed by atoms with Crippen LogP contribution in [0.3, 0.4) is 0 Å². The summed E-state index contributed by atoms with van der Waals surface area (Å²) in [4.78, 5) is 22.8. The van der Waals surface area contributed by atoms with Crippen LogP contribution < -0.4 is 4.90 Å². The van der Waals surface area contributed by atoms with Crippen LogP contribution in [0.5, 0.6) is 0 Å². The van der Waals surface area contributed by atoms with Crippen molar-refractivity contribution in [2.45, 2.75) is 6.10 Å². The van der Waals surface area contributed by atoms with Gasteiger partial charge in [0, 0.05) is 18.7 Å². The highest BCUT2D eigenvalue weighted by molar-refractivity contribution is 5.76. The lowest BCUT2D eigenvalue weighted by atomic mass is 10.2. The largest absolute Gasteiger partial charge is 0.467 e. The molecule has 1 atom stereocenters. The van der Waals surface area contributed by atoms with Crippen molar-refractivity contribution >= 4 is 17.3 Å². The molecule has 114 valence electrons. The predicted molar refractivity (Wildman–Crippen MR) is 67.0 cm³/mol. The van der Waals surface area contributed by atoms with Crippen LogP contribution in [-0.2, 0) is 14.3 Å². The minimum Gasteiger partial charge on any atom is -0.467 e. The summed E-state index contributed by atoms with van der Waals surface area (Å²) in [5, 5.41) is 11.0. The minimum atomic E-state index is -1.27. The van der Waals surface area contributed by atoms with Crippen LogP contribution in [0.4, 0.5) is 20.2 Å². The summed E-state index contributed by atoms with van der Waals surface area (Å²) < 4.78 is 36.6. The van der Waals surface area contributed by atoms with Crippen LogP contribution in [0.15, 0.2) is 12.1 Å². The lowest BCUT2D eigenvalue weighted by molar-refractivity contribution is -0.386. The van der Waals surface area contributed by atoms with Crippen LogP contribution in [0.2, 0.25) is 0 Å². The SMILES string of the molecule is COC(=O)C1CN(c2cc(F)cc(F)c2[N+](=O)[O-])CCO1. The van der Waals surface area contributed by atoms with E-state index in [1.807, 2.05) is 0 Å². The Morgan fingerprint density at radius 1 is 1.52 bits per heavy atom. The molecule has 0 saturated carbocycles. The van der Waals surface area contributed by atoms with Crippen LogP contribution >= 0.6 is 0 Å². The van der Waals surface area contributed by atoms with Gasteiger partial charge in [-0.3, -0.25) is 10.1 Å². The minimum absolute atomic E-state index is 0.0784. The van der Waals surface area contributed by atoms with Gasteiger partial charge in [-0.05, 0) is 0 Å². The highest BCUT2D eigenvalue weighted by Gasteiger charge is 2.32. The molecule has 0 spiro atoms. The van der Waals surface area contributed by atoms with Crippen molar-refractivity contribution in [1.29, 1.82) is 0 Å². The van der Waals surface area contributed by atoms with E-state index in [2.05, 4.69) is 4.74 Å². The number of nitro groups is 1. The molecule has 1 aliphatic rings. The number of rotatable bonds is 3. The molecule has 0 amide bonds. The summed E-state index contributed by atoms with van der Waals surface area (Å²) in [5.74, 6) is -2.86. The first-order valence-corrected chi connectivity index (χ1v) is 6.02. The normalized spacial score (nSPS) is 18.4. The highest BCUT2D eigenvalue weighted by atomic mass is 19.1. The number of esters is 1. The van der Waals surface area contributed by atoms with Crippen LogP contribution in [0.1, 0.15) is 0 Å². The zero-order valence-corrected chi connectivity index (χ0v) is 11.0. The number of methoxy groups -OCH3 is 1. The van der Waals surface area contributed by atoms with Gasteiger partial charge in [0.2, 0.25) is 5.82 Å². The molecule has 21 heavy (non-hydrogen) atoms. The Hall–Kier alpha value is -2.29. The zero-order valence-electron chi connectivity index (χ0n) is 11.0. The van der Waals surface area contributed by atoms with Gasteiger partial charge in [0.15, 0.2) is 6.10 Å². The van der Waals surface area contributed by atoms with Crippen molar-refractivity contribution in [2.75, 3.05) is 31.7 Å². The molecule has 0 radical (unpaired) electrons. The average Bonchev–Trinajstić information content (AvgIpc) is 2.45. The quantitative estimate of drug-likeness (QED) is 0.475. The van der Waals surface area contributed by atoms with Gasteiger partial charge in [0.1, 0.15) is 11.5 Å². The molecule has 1 fully saturated rings. The van der Waals surface area contributed by atoms with Crippen LogP contribution in [0, 0.1) is 21.7 Å². The fourth-order valence-corrected chi connectivity index (χ4v) is 2.12. The van der Waals surface area contributed by atoms with Crippen molar-refractivity contribution in [3.05, 3.63) is 33.9 Å². The van der Waals surface area contributed by atoms with Gasteiger partial charge in [-0.25, -0.2) is 9.18 Å². The van der Waals surface area contributed by atoms with Crippen molar-refractivity contribution in [1.82, 2.24) is 0 Å². The molecule has 0 bridgehead atoms. The number of benzene rings is 1. The first-order valence-electron chi connectivity index (χ1n) is 6.02. The average molecular weight is 302 g/mol. The maximum absolute atomic E-state index is 13.6. The summed E-state index contributed by atoms with van der Waals surface area (Å²) in [5.41, 5.74) is -1.06. The molecule has 1 aromatic rings. The van der Waals surface area contributed by atoms with Gasteiger partial charge in [-0.2, -0.15) is 4.39 Å². The number of nitrogens with zero attached hydrogens (tertiary/aromatic N) is 2. The number of morpholine rings is 1. The first kappa shape index (κ1) is 15.1. The molecule has 2 rings (SSSR count). The topological polar surface area (TPSA) is 81.9 Å². The molecule has 0 aliphatic carbocycles. The second-order valence-electron chi connectivity index (χ2n) is 4.34. The Balaban J connectivity index is 2.37. The third kappa shape index (κ3) is 3.07. The van der Waals surface area contributed by atoms with E-state index >= 15 is 0 Å². The number of hydrogen-bond acceptors (Lipinski definition) is 6. The maximum atomic E-state index is 13.6. The molecule has 1 heterocycles. The molecule has 7 nitrogen and oxygen atoms in total. The molecular formula is C12H12F2N2O5. The van der Waals surface area contributed by atoms with Crippen LogP contribution in [0.25, 0.3) is 0 Å². The molecule has 0 N–H and O–H groups in total. The number of hydrogen-bond donors (Lipinski definition) is 0. The summed E-state index contributed by atoms with van der Waals surface area (Å²) in [6, 6.07) is 1.31. The van der Waals surface area contributed by atoms with Gasteiger partial charge >= 0.3 is 11.7 Å². The summed E-state index contributed by atoms with van der Waals surface area (Å²) >= 11 is 0. The van der Waals surface area contributed by atoms with Crippen molar-refractivity contribution in [3.8, 4) is 0 Å². The van der Waals surface area contributed by atoms with Gasteiger partial charge < -0.3 is 14.4 Å². The molecule has 9 heteroatoms. The number of ether oxygens (including phenoxy) is 2. The number of halogens is 2. The fourth-order valence-electron chi connectivity index (χ4n) is 2.12. The number of anilines is 1. The van der Waals surface area contributed by atoms with E-state index in [1.54, 1.807) is 0 Å². The lowest BCUT2D eigenvalue weighted by Gasteiger charge is -2.32. The van der Waals surface area contributed by atoms with E-state index in [0.717, 1.165) is 6.07 Å². The van der Waals surface area contributed by atoms with Gasteiger partial charge in [-0.1, -0.05) is 0 Å².